The number of halogens is 1. The SMILES string of the molecule is Cc1ccc(C(=O)NN=Cc2cccc(OC(=O)c3ccccc3)c2)c(Cl)c1. The molecule has 0 spiro atoms. The van der Waals surface area contributed by atoms with Gasteiger partial charge in [-0.3, -0.25) is 4.79 Å². The number of nitrogens with zero attached hydrogens (tertiary/aromatic N) is 1. The van der Waals surface area contributed by atoms with E-state index < -0.39 is 11.9 Å². The van der Waals surface area contributed by atoms with Gasteiger partial charge < -0.3 is 4.74 Å². The van der Waals surface area contributed by atoms with Gasteiger partial charge in [0.1, 0.15) is 5.75 Å². The molecule has 0 aliphatic rings. The van der Waals surface area contributed by atoms with E-state index in [2.05, 4.69) is 10.5 Å². The van der Waals surface area contributed by atoms with Gasteiger partial charge in [0, 0.05) is 0 Å². The molecule has 0 heterocycles. The van der Waals surface area contributed by atoms with Crippen molar-refractivity contribution in [3.63, 3.8) is 0 Å². The van der Waals surface area contributed by atoms with Crippen molar-refractivity contribution in [3.8, 4) is 5.75 Å². The highest BCUT2D eigenvalue weighted by molar-refractivity contribution is 6.33. The second-order valence-corrected chi connectivity index (χ2v) is 6.42. The molecule has 0 saturated carbocycles. The topological polar surface area (TPSA) is 67.8 Å². The van der Waals surface area contributed by atoms with Crippen LogP contribution in [-0.2, 0) is 0 Å². The van der Waals surface area contributed by atoms with Crippen LogP contribution in [0.25, 0.3) is 0 Å². The highest BCUT2D eigenvalue weighted by Gasteiger charge is 2.10. The molecule has 3 aromatic rings. The second kappa shape index (κ2) is 8.97. The minimum atomic E-state index is -0.447. The zero-order chi connectivity index (χ0) is 19.9. The third-order valence-corrected chi connectivity index (χ3v) is 4.14. The highest BCUT2D eigenvalue weighted by atomic mass is 35.5. The maximum atomic E-state index is 12.2. The van der Waals surface area contributed by atoms with E-state index in [-0.39, 0.29) is 0 Å². The number of hydrogen-bond donors (Lipinski definition) is 1. The van der Waals surface area contributed by atoms with Gasteiger partial charge in [-0.25, -0.2) is 10.2 Å². The predicted octanol–water partition coefficient (Wildman–Crippen LogP) is 4.63. The molecule has 0 saturated heterocycles. The Bertz CT molecular complexity index is 1030. The molecule has 28 heavy (non-hydrogen) atoms. The van der Waals surface area contributed by atoms with E-state index >= 15 is 0 Å². The Morgan fingerprint density at radius 3 is 2.54 bits per heavy atom. The van der Waals surface area contributed by atoms with Crippen LogP contribution in [0, 0.1) is 6.92 Å². The number of benzene rings is 3. The van der Waals surface area contributed by atoms with E-state index in [4.69, 9.17) is 16.3 Å². The second-order valence-electron chi connectivity index (χ2n) is 6.01. The van der Waals surface area contributed by atoms with Crippen LogP contribution in [0.15, 0.2) is 77.9 Å². The van der Waals surface area contributed by atoms with Crippen molar-refractivity contribution < 1.29 is 14.3 Å². The largest absolute Gasteiger partial charge is 0.423 e. The van der Waals surface area contributed by atoms with Crippen molar-refractivity contribution in [2.75, 3.05) is 0 Å². The molecule has 3 aromatic carbocycles. The summed E-state index contributed by atoms with van der Waals surface area (Å²) in [5, 5.41) is 4.30. The third kappa shape index (κ3) is 5.05. The van der Waals surface area contributed by atoms with Gasteiger partial charge in [0.2, 0.25) is 0 Å². The zero-order valence-corrected chi connectivity index (χ0v) is 15.8. The summed E-state index contributed by atoms with van der Waals surface area (Å²) >= 11 is 6.08. The maximum Gasteiger partial charge on any atom is 0.343 e. The molecule has 0 bridgehead atoms. The first-order valence-electron chi connectivity index (χ1n) is 8.50. The molecule has 0 radical (unpaired) electrons. The number of carbonyl (C=O) groups excluding carboxylic acids is 2. The van der Waals surface area contributed by atoms with E-state index in [0.29, 0.717) is 27.5 Å². The van der Waals surface area contributed by atoms with E-state index in [0.717, 1.165) is 5.56 Å². The highest BCUT2D eigenvalue weighted by Crippen LogP contribution is 2.17. The number of hydrogen-bond acceptors (Lipinski definition) is 4. The fourth-order valence-electron chi connectivity index (χ4n) is 2.43. The normalized spacial score (nSPS) is 10.6. The van der Waals surface area contributed by atoms with Gasteiger partial charge in [0.15, 0.2) is 0 Å². The lowest BCUT2D eigenvalue weighted by molar-refractivity contribution is 0.0734. The molecule has 140 valence electrons. The fraction of sp³-hybridized carbons (Fsp3) is 0.0455. The lowest BCUT2D eigenvalue weighted by Gasteiger charge is -2.05. The number of amides is 1. The lowest BCUT2D eigenvalue weighted by Crippen LogP contribution is -2.18. The Labute approximate surface area is 167 Å². The summed E-state index contributed by atoms with van der Waals surface area (Å²) in [7, 11) is 0. The summed E-state index contributed by atoms with van der Waals surface area (Å²) in [5.41, 5.74) is 4.86. The van der Waals surface area contributed by atoms with Crippen LogP contribution in [-0.4, -0.2) is 18.1 Å². The van der Waals surface area contributed by atoms with Crippen molar-refractivity contribution in [2.45, 2.75) is 6.92 Å². The molecule has 1 amide bonds. The van der Waals surface area contributed by atoms with Crippen molar-refractivity contribution in [1.29, 1.82) is 0 Å². The first-order chi connectivity index (χ1) is 13.5. The minimum Gasteiger partial charge on any atom is -0.423 e. The van der Waals surface area contributed by atoms with Gasteiger partial charge in [-0.05, 0) is 54.4 Å². The number of ether oxygens (including phenoxy) is 1. The van der Waals surface area contributed by atoms with Crippen LogP contribution < -0.4 is 10.2 Å². The van der Waals surface area contributed by atoms with Crippen molar-refractivity contribution >= 4 is 29.7 Å². The molecule has 0 aromatic heterocycles. The van der Waals surface area contributed by atoms with Crippen molar-refractivity contribution in [1.82, 2.24) is 5.43 Å². The Kier molecular flexibility index (Phi) is 6.19. The lowest BCUT2D eigenvalue weighted by atomic mass is 10.1. The van der Waals surface area contributed by atoms with Crippen LogP contribution in [0.2, 0.25) is 5.02 Å². The molecule has 1 N–H and O–H groups in total. The number of esters is 1. The minimum absolute atomic E-state index is 0.343. The summed E-state index contributed by atoms with van der Waals surface area (Å²) < 4.78 is 5.36. The van der Waals surface area contributed by atoms with Crippen LogP contribution in [0.5, 0.6) is 5.75 Å². The third-order valence-electron chi connectivity index (χ3n) is 3.83. The van der Waals surface area contributed by atoms with Crippen molar-refractivity contribution in [3.05, 3.63) is 100 Å². The molecular weight excluding hydrogens is 376 g/mol. The van der Waals surface area contributed by atoms with E-state index in [1.165, 1.54) is 6.21 Å². The first kappa shape index (κ1) is 19.3. The van der Waals surface area contributed by atoms with Gasteiger partial charge in [0.05, 0.1) is 22.4 Å². The predicted molar refractivity (Wildman–Crippen MR) is 109 cm³/mol. The fourth-order valence-corrected chi connectivity index (χ4v) is 2.75. The number of nitrogens with one attached hydrogen (secondary N) is 1. The van der Waals surface area contributed by atoms with Crippen molar-refractivity contribution in [2.24, 2.45) is 5.10 Å². The maximum absolute atomic E-state index is 12.2. The van der Waals surface area contributed by atoms with Crippen LogP contribution in [0.3, 0.4) is 0 Å². The summed E-state index contributed by atoms with van der Waals surface area (Å²) in [4.78, 5) is 24.3. The van der Waals surface area contributed by atoms with E-state index in [9.17, 15) is 9.59 Å². The van der Waals surface area contributed by atoms with Gasteiger partial charge in [-0.2, -0.15) is 5.10 Å². The van der Waals surface area contributed by atoms with Gasteiger partial charge >= 0.3 is 5.97 Å². The Morgan fingerprint density at radius 2 is 1.79 bits per heavy atom. The Balaban J connectivity index is 1.64. The molecule has 0 atom stereocenters. The monoisotopic (exact) mass is 392 g/mol. The number of hydrazone groups is 1. The average molecular weight is 393 g/mol. The van der Waals surface area contributed by atoms with Crippen LogP contribution in [0.1, 0.15) is 31.8 Å². The quantitative estimate of drug-likeness (QED) is 0.298. The summed E-state index contributed by atoms with van der Waals surface area (Å²) in [6.45, 7) is 1.89. The number of rotatable bonds is 5. The van der Waals surface area contributed by atoms with Crippen LogP contribution >= 0.6 is 11.6 Å². The Hall–Kier alpha value is -3.44. The summed E-state index contributed by atoms with van der Waals surface area (Å²) in [6, 6.07) is 20.7. The zero-order valence-electron chi connectivity index (χ0n) is 15.1. The molecule has 0 fully saturated rings. The molecule has 6 heteroatoms. The van der Waals surface area contributed by atoms with E-state index in [1.807, 2.05) is 13.0 Å². The van der Waals surface area contributed by atoms with Gasteiger partial charge in [0.25, 0.3) is 5.91 Å². The van der Waals surface area contributed by atoms with Gasteiger partial charge in [-0.1, -0.05) is 48.0 Å². The first-order valence-corrected chi connectivity index (χ1v) is 8.87. The molecule has 0 aliphatic carbocycles. The summed E-state index contributed by atoms with van der Waals surface area (Å²) in [6.07, 6.45) is 1.46. The van der Waals surface area contributed by atoms with Gasteiger partial charge in [-0.15, -0.1) is 0 Å². The number of aryl methyl sites for hydroxylation is 1. The summed E-state index contributed by atoms with van der Waals surface area (Å²) in [5.74, 6) is -0.476. The number of carbonyl (C=O) groups is 2. The molecule has 3 rings (SSSR count). The molecule has 5 nitrogen and oxygen atoms in total. The molecule has 0 aliphatic heterocycles. The molecule has 0 unspecified atom stereocenters. The standard InChI is InChI=1S/C22H17ClN2O3/c1-15-10-11-19(20(23)12-15)21(26)25-24-14-16-6-5-9-18(13-16)28-22(27)17-7-3-2-4-8-17/h2-14H,1H3,(H,25,26). The van der Waals surface area contributed by atoms with Crippen LogP contribution in [0.4, 0.5) is 0 Å². The smallest absolute Gasteiger partial charge is 0.343 e. The Morgan fingerprint density at radius 1 is 1.00 bits per heavy atom. The molecular formula is C22H17ClN2O3. The van der Waals surface area contributed by atoms with E-state index in [1.54, 1.807) is 66.7 Å². The average Bonchev–Trinajstić information content (AvgIpc) is 2.69.